The molecule has 0 aliphatic heterocycles. The average molecular weight is 360 g/mol. The van der Waals surface area contributed by atoms with Gasteiger partial charge in [-0.15, -0.1) is 11.6 Å². The summed E-state index contributed by atoms with van der Waals surface area (Å²) in [6.45, 7) is 5.29. The molecule has 1 aromatic rings. The standard InChI is InChI=1S/C16H24BrClN2/c1-3-13-15(17)14(20(4-2)19-13)9-16(10-18)8-11-5-6-12(16)7-11/h11-12H,3-10H2,1-2H3. The predicted molar refractivity (Wildman–Crippen MR) is 87.3 cm³/mol. The second kappa shape index (κ2) is 5.64. The third kappa shape index (κ3) is 2.25. The molecule has 0 N–H and O–H groups in total. The van der Waals surface area contributed by atoms with E-state index in [1.807, 2.05) is 0 Å². The molecule has 1 heterocycles. The fourth-order valence-corrected chi connectivity index (χ4v) is 5.63. The Labute approximate surface area is 135 Å². The van der Waals surface area contributed by atoms with Gasteiger partial charge in [0.05, 0.1) is 15.9 Å². The quantitative estimate of drug-likeness (QED) is 0.689. The molecule has 2 fully saturated rings. The van der Waals surface area contributed by atoms with Crippen molar-refractivity contribution in [1.82, 2.24) is 9.78 Å². The Bertz CT molecular complexity index is 499. The zero-order valence-electron chi connectivity index (χ0n) is 12.5. The maximum Gasteiger partial charge on any atom is 0.0766 e. The first-order chi connectivity index (χ1) is 9.63. The van der Waals surface area contributed by atoms with Gasteiger partial charge in [-0.2, -0.15) is 5.10 Å². The number of hydrogen-bond donors (Lipinski definition) is 0. The summed E-state index contributed by atoms with van der Waals surface area (Å²) in [7, 11) is 0. The molecule has 0 amide bonds. The van der Waals surface area contributed by atoms with Gasteiger partial charge in [0, 0.05) is 12.4 Å². The molecular formula is C16H24BrClN2. The first-order valence-corrected chi connectivity index (χ1v) is 9.26. The molecule has 2 aliphatic carbocycles. The molecule has 3 unspecified atom stereocenters. The Hall–Kier alpha value is -0.0200. The zero-order chi connectivity index (χ0) is 14.3. The molecule has 2 nitrogen and oxygen atoms in total. The topological polar surface area (TPSA) is 17.8 Å². The van der Waals surface area contributed by atoms with Crippen molar-refractivity contribution < 1.29 is 0 Å². The minimum absolute atomic E-state index is 0.324. The van der Waals surface area contributed by atoms with Crippen LogP contribution in [0.2, 0.25) is 0 Å². The number of nitrogens with zero attached hydrogens (tertiary/aromatic N) is 2. The average Bonchev–Trinajstić information content (AvgIpc) is 3.14. The molecule has 0 radical (unpaired) electrons. The van der Waals surface area contributed by atoms with Crippen molar-refractivity contribution >= 4 is 27.5 Å². The van der Waals surface area contributed by atoms with E-state index in [0.717, 1.165) is 37.1 Å². The summed E-state index contributed by atoms with van der Waals surface area (Å²) in [5.41, 5.74) is 2.89. The van der Waals surface area contributed by atoms with Crippen LogP contribution in [-0.4, -0.2) is 15.7 Å². The maximum atomic E-state index is 6.45. The zero-order valence-corrected chi connectivity index (χ0v) is 14.8. The molecule has 2 aliphatic rings. The Morgan fingerprint density at radius 1 is 1.40 bits per heavy atom. The van der Waals surface area contributed by atoms with E-state index in [1.54, 1.807) is 0 Å². The number of alkyl halides is 1. The minimum atomic E-state index is 0.324. The Kier molecular flexibility index (Phi) is 4.20. The van der Waals surface area contributed by atoms with Gasteiger partial charge in [-0.05, 0) is 72.2 Å². The lowest BCUT2D eigenvalue weighted by atomic mass is 9.71. The third-order valence-corrected chi connectivity index (χ3v) is 7.03. The Balaban J connectivity index is 1.92. The van der Waals surface area contributed by atoms with Crippen molar-refractivity contribution in [3.63, 3.8) is 0 Å². The van der Waals surface area contributed by atoms with E-state index in [1.165, 1.54) is 41.5 Å². The molecule has 0 spiro atoms. The van der Waals surface area contributed by atoms with Gasteiger partial charge in [-0.25, -0.2) is 0 Å². The summed E-state index contributed by atoms with van der Waals surface area (Å²) in [6, 6.07) is 0. The fraction of sp³-hybridized carbons (Fsp3) is 0.812. The van der Waals surface area contributed by atoms with Crippen LogP contribution in [0.25, 0.3) is 0 Å². The molecule has 1 aromatic heterocycles. The SMILES string of the molecule is CCc1nn(CC)c(CC2(CCl)CC3CCC2C3)c1Br. The highest BCUT2D eigenvalue weighted by Crippen LogP contribution is 2.58. The summed E-state index contributed by atoms with van der Waals surface area (Å²) in [5.74, 6) is 2.57. The maximum absolute atomic E-state index is 6.45. The van der Waals surface area contributed by atoms with E-state index < -0.39 is 0 Å². The normalized spacial score (nSPS) is 32.2. The van der Waals surface area contributed by atoms with Crippen molar-refractivity contribution in [3.05, 3.63) is 15.9 Å². The van der Waals surface area contributed by atoms with E-state index in [4.69, 9.17) is 16.7 Å². The van der Waals surface area contributed by atoms with Crippen LogP contribution in [0, 0.1) is 17.3 Å². The van der Waals surface area contributed by atoms with Crippen LogP contribution < -0.4 is 0 Å². The summed E-state index contributed by atoms with van der Waals surface area (Å²) < 4.78 is 3.41. The molecule has 3 atom stereocenters. The highest BCUT2D eigenvalue weighted by atomic mass is 79.9. The largest absolute Gasteiger partial charge is 0.268 e. The number of halogens is 2. The van der Waals surface area contributed by atoms with Gasteiger partial charge in [0.1, 0.15) is 0 Å². The predicted octanol–water partition coefficient (Wildman–Crippen LogP) is 4.82. The number of fused-ring (bicyclic) bond motifs is 2. The van der Waals surface area contributed by atoms with E-state index in [9.17, 15) is 0 Å². The smallest absolute Gasteiger partial charge is 0.0766 e. The lowest BCUT2D eigenvalue weighted by Gasteiger charge is -2.36. The lowest BCUT2D eigenvalue weighted by Crippen LogP contribution is -2.33. The summed E-state index contributed by atoms with van der Waals surface area (Å²) in [4.78, 5) is 0. The lowest BCUT2D eigenvalue weighted by molar-refractivity contribution is 0.188. The van der Waals surface area contributed by atoms with Gasteiger partial charge < -0.3 is 0 Å². The van der Waals surface area contributed by atoms with Crippen LogP contribution in [0.4, 0.5) is 0 Å². The molecule has 4 heteroatoms. The summed E-state index contributed by atoms with van der Waals surface area (Å²) in [5, 5.41) is 4.74. The minimum Gasteiger partial charge on any atom is -0.268 e. The summed E-state index contributed by atoms with van der Waals surface area (Å²) >= 11 is 10.2. The monoisotopic (exact) mass is 358 g/mol. The molecular weight excluding hydrogens is 336 g/mol. The Morgan fingerprint density at radius 2 is 2.20 bits per heavy atom. The van der Waals surface area contributed by atoms with Crippen LogP contribution in [0.5, 0.6) is 0 Å². The van der Waals surface area contributed by atoms with Crippen molar-refractivity contribution in [2.75, 3.05) is 5.88 Å². The summed E-state index contributed by atoms with van der Waals surface area (Å²) in [6.07, 6.45) is 7.63. The van der Waals surface area contributed by atoms with Gasteiger partial charge in [0.15, 0.2) is 0 Å². The van der Waals surface area contributed by atoms with Crippen molar-refractivity contribution in [1.29, 1.82) is 0 Å². The first-order valence-electron chi connectivity index (χ1n) is 7.93. The fourth-order valence-electron chi connectivity index (χ4n) is 4.51. The molecule has 0 saturated heterocycles. The van der Waals surface area contributed by atoms with E-state index in [-0.39, 0.29) is 0 Å². The molecule has 112 valence electrons. The molecule has 2 saturated carbocycles. The van der Waals surface area contributed by atoms with Crippen molar-refractivity contribution in [2.24, 2.45) is 17.3 Å². The second-order valence-electron chi connectivity index (χ2n) is 6.63. The van der Waals surface area contributed by atoms with Gasteiger partial charge in [0.25, 0.3) is 0 Å². The highest BCUT2D eigenvalue weighted by molar-refractivity contribution is 9.10. The first kappa shape index (κ1) is 14.9. The Morgan fingerprint density at radius 3 is 2.70 bits per heavy atom. The van der Waals surface area contributed by atoms with Crippen molar-refractivity contribution in [3.8, 4) is 0 Å². The third-order valence-electron chi connectivity index (χ3n) is 5.58. The van der Waals surface area contributed by atoms with Crippen LogP contribution >= 0.6 is 27.5 Å². The van der Waals surface area contributed by atoms with Crippen LogP contribution in [0.3, 0.4) is 0 Å². The molecule has 0 aromatic carbocycles. The van der Waals surface area contributed by atoms with Crippen LogP contribution in [0.1, 0.15) is 50.9 Å². The second-order valence-corrected chi connectivity index (χ2v) is 7.69. The van der Waals surface area contributed by atoms with Gasteiger partial charge in [-0.3, -0.25) is 4.68 Å². The number of aryl methyl sites for hydroxylation is 2. The van der Waals surface area contributed by atoms with E-state index in [0.29, 0.717) is 5.41 Å². The van der Waals surface area contributed by atoms with Gasteiger partial charge >= 0.3 is 0 Å². The number of rotatable bonds is 5. The van der Waals surface area contributed by atoms with Gasteiger partial charge in [0.2, 0.25) is 0 Å². The van der Waals surface area contributed by atoms with E-state index in [2.05, 4.69) is 34.5 Å². The molecule has 3 rings (SSSR count). The van der Waals surface area contributed by atoms with Crippen molar-refractivity contribution in [2.45, 2.75) is 58.9 Å². The molecule has 20 heavy (non-hydrogen) atoms. The number of hydrogen-bond acceptors (Lipinski definition) is 1. The highest BCUT2D eigenvalue weighted by Gasteiger charge is 2.50. The molecule has 2 bridgehead atoms. The van der Waals surface area contributed by atoms with Gasteiger partial charge in [-0.1, -0.05) is 13.3 Å². The van der Waals surface area contributed by atoms with E-state index >= 15 is 0 Å². The van der Waals surface area contributed by atoms with Crippen LogP contribution in [0.15, 0.2) is 4.47 Å². The van der Waals surface area contributed by atoms with Crippen LogP contribution in [-0.2, 0) is 19.4 Å². The number of aromatic nitrogens is 2.